The highest BCUT2D eigenvalue weighted by Gasteiger charge is 2.51. The lowest BCUT2D eigenvalue weighted by atomic mass is 9.93. The molecular weight excluding hydrogens is 510 g/mol. The molecule has 1 saturated carbocycles. The summed E-state index contributed by atoms with van der Waals surface area (Å²) in [5.74, 6) is -0.0535. The van der Waals surface area contributed by atoms with E-state index in [1.54, 1.807) is 0 Å². The third-order valence-electron chi connectivity index (χ3n) is 7.89. The van der Waals surface area contributed by atoms with Crippen LogP contribution in [0.2, 0.25) is 0 Å². The largest absolute Gasteiger partial charge is 0.481 e. The summed E-state index contributed by atoms with van der Waals surface area (Å²) in [6, 6.07) is 33.0. The highest BCUT2D eigenvalue weighted by atomic mass is 16.5. The lowest BCUT2D eigenvalue weighted by Crippen LogP contribution is -2.19. The Bertz CT molecular complexity index is 1700. The monoisotopic (exact) mass is 543 g/mol. The fourth-order valence-corrected chi connectivity index (χ4v) is 5.45. The molecule has 0 spiro atoms. The minimum absolute atomic E-state index is 0.681. The maximum Gasteiger partial charge on any atom is 0.314 e. The number of nitrogens with one attached hydrogen (secondary N) is 1. The van der Waals surface area contributed by atoms with Crippen molar-refractivity contribution >= 4 is 17.3 Å². The van der Waals surface area contributed by atoms with Gasteiger partial charge in [-0.25, -0.2) is 0 Å². The molecule has 6 rings (SSSR count). The summed E-state index contributed by atoms with van der Waals surface area (Å²) in [7, 11) is 4.16. The van der Waals surface area contributed by atoms with E-state index in [2.05, 4.69) is 90.1 Å². The Kier molecular flexibility index (Phi) is 6.93. The quantitative estimate of drug-likeness (QED) is 0.197. The van der Waals surface area contributed by atoms with Crippen molar-refractivity contribution in [2.24, 2.45) is 0 Å². The Morgan fingerprint density at radius 2 is 1.54 bits per heavy atom. The molecule has 1 heterocycles. The van der Waals surface area contributed by atoms with Crippen molar-refractivity contribution in [3.05, 3.63) is 114 Å². The number of rotatable bonds is 9. The van der Waals surface area contributed by atoms with Crippen LogP contribution in [-0.4, -0.2) is 35.2 Å². The van der Waals surface area contributed by atoms with Gasteiger partial charge >= 0.3 is 5.97 Å². The van der Waals surface area contributed by atoms with Crippen LogP contribution in [0.1, 0.15) is 29.7 Å². The van der Waals surface area contributed by atoms with Gasteiger partial charge < -0.3 is 19.8 Å². The molecule has 0 saturated heterocycles. The number of carbonyl (C=O) groups is 1. The molecule has 6 nitrogen and oxygen atoms in total. The zero-order chi connectivity index (χ0) is 28.6. The van der Waals surface area contributed by atoms with Crippen molar-refractivity contribution in [2.75, 3.05) is 19.4 Å². The number of carboxylic acids is 1. The number of hydrogen-bond acceptors (Lipinski definition) is 5. The highest BCUT2D eigenvalue weighted by molar-refractivity contribution is 5.85. The predicted octanol–water partition coefficient (Wildman–Crippen LogP) is 7.91. The Hall–Kier alpha value is -4.68. The number of aliphatic carboxylic acids is 1. The molecule has 5 aromatic rings. The molecule has 0 bridgehead atoms. The number of aryl methyl sites for hydroxylation is 1. The summed E-state index contributed by atoms with van der Waals surface area (Å²) in [4.78, 5) is 13.8. The fourth-order valence-electron chi connectivity index (χ4n) is 5.45. The first kappa shape index (κ1) is 26.5. The third-order valence-corrected chi connectivity index (χ3v) is 7.89. The van der Waals surface area contributed by atoms with Crippen molar-refractivity contribution in [1.29, 1.82) is 0 Å². The highest BCUT2D eigenvalue weighted by Crippen LogP contribution is 2.48. The smallest absolute Gasteiger partial charge is 0.314 e. The lowest BCUT2D eigenvalue weighted by molar-refractivity contribution is -0.140. The van der Waals surface area contributed by atoms with E-state index < -0.39 is 11.4 Å². The van der Waals surface area contributed by atoms with Crippen LogP contribution in [-0.2, 0) is 16.8 Å². The van der Waals surface area contributed by atoms with Gasteiger partial charge in [-0.15, -0.1) is 0 Å². The lowest BCUT2D eigenvalue weighted by Gasteiger charge is -2.15. The van der Waals surface area contributed by atoms with Gasteiger partial charge in [0.25, 0.3) is 0 Å². The van der Waals surface area contributed by atoms with E-state index in [1.807, 2.05) is 43.3 Å². The van der Waals surface area contributed by atoms with Crippen LogP contribution < -0.4 is 5.32 Å². The van der Waals surface area contributed by atoms with Crippen LogP contribution in [0.3, 0.4) is 0 Å². The molecule has 0 aliphatic heterocycles. The summed E-state index contributed by atoms with van der Waals surface area (Å²) >= 11 is 0. The average molecular weight is 544 g/mol. The Morgan fingerprint density at radius 1 is 0.878 bits per heavy atom. The maximum atomic E-state index is 11.7. The van der Waals surface area contributed by atoms with Crippen molar-refractivity contribution in [3.8, 4) is 33.6 Å². The van der Waals surface area contributed by atoms with E-state index in [4.69, 9.17) is 4.52 Å². The summed E-state index contributed by atoms with van der Waals surface area (Å²) in [5.41, 5.74) is 9.42. The van der Waals surface area contributed by atoms with E-state index >= 15 is 0 Å². The van der Waals surface area contributed by atoms with Gasteiger partial charge in [0.05, 0.1) is 5.41 Å². The molecule has 0 atom stereocenters. The van der Waals surface area contributed by atoms with E-state index in [-0.39, 0.29) is 0 Å². The Morgan fingerprint density at radius 3 is 2.20 bits per heavy atom. The van der Waals surface area contributed by atoms with Gasteiger partial charge in [-0.1, -0.05) is 90.1 Å². The molecule has 0 unspecified atom stereocenters. The minimum atomic E-state index is -0.734. The molecule has 2 N–H and O–H groups in total. The van der Waals surface area contributed by atoms with Crippen LogP contribution in [0.4, 0.5) is 11.4 Å². The average Bonchev–Trinajstić information content (AvgIpc) is 3.72. The first-order chi connectivity index (χ1) is 19.8. The minimum Gasteiger partial charge on any atom is -0.481 e. The molecule has 1 fully saturated rings. The molecule has 1 aliphatic rings. The van der Waals surface area contributed by atoms with Crippen molar-refractivity contribution in [3.63, 3.8) is 0 Å². The van der Waals surface area contributed by atoms with Crippen LogP contribution in [0.25, 0.3) is 33.6 Å². The number of aromatic nitrogens is 1. The van der Waals surface area contributed by atoms with E-state index in [9.17, 15) is 9.90 Å². The van der Waals surface area contributed by atoms with Gasteiger partial charge in [0.15, 0.2) is 5.76 Å². The first-order valence-electron chi connectivity index (χ1n) is 13.9. The number of anilines is 2. The molecule has 6 heteroatoms. The van der Waals surface area contributed by atoms with Gasteiger partial charge in [-0.2, -0.15) is 0 Å². The van der Waals surface area contributed by atoms with Gasteiger partial charge in [0, 0.05) is 17.8 Å². The zero-order valence-electron chi connectivity index (χ0n) is 23.5. The van der Waals surface area contributed by atoms with E-state index in [1.165, 1.54) is 11.1 Å². The van der Waals surface area contributed by atoms with Crippen LogP contribution in [0.15, 0.2) is 102 Å². The second kappa shape index (κ2) is 10.7. The normalized spacial score (nSPS) is 13.8. The topological polar surface area (TPSA) is 78.6 Å². The summed E-state index contributed by atoms with van der Waals surface area (Å²) < 4.78 is 5.79. The van der Waals surface area contributed by atoms with E-state index in [0.717, 1.165) is 51.4 Å². The second-order valence-electron chi connectivity index (χ2n) is 11.1. The molecule has 1 aliphatic carbocycles. The molecule has 0 amide bonds. The van der Waals surface area contributed by atoms with Gasteiger partial charge in [-0.05, 0) is 79.4 Å². The molecule has 1 aromatic heterocycles. The van der Waals surface area contributed by atoms with Gasteiger partial charge in [0.1, 0.15) is 11.4 Å². The standard InChI is InChI=1S/C35H33N3O3/c1-23-32(36-30-9-6-8-27(21-30)31-10-5-4-7-28(31)22-38(2)3)33(41-37-23)26-13-11-24(12-14-26)25-15-17-29(18-16-25)35(19-20-35)34(39)40/h4-18,21,36H,19-20,22H2,1-3H3,(H,39,40). The van der Waals surface area contributed by atoms with Crippen molar-refractivity contribution < 1.29 is 14.4 Å². The molecule has 0 radical (unpaired) electrons. The Balaban J connectivity index is 1.24. The summed E-state index contributed by atoms with van der Waals surface area (Å²) in [6.07, 6.45) is 1.41. The Labute approximate surface area is 240 Å². The number of benzene rings is 4. The SMILES string of the molecule is Cc1noc(-c2ccc(-c3ccc(C4(C(=O)O)CC4)cc3)cc2)c1Nc1cccc(-c2ccccc2CN(C)C)c1. The molecule has 206 valence electrons. The summed E-state index contributed by atoms with van der Waals surface area (Å²) in [5, 5.41) is 17.4. The third kappa shape index (κ3) is 5.26. The van der Waals surface area contributed by atoms with Crippen LogP contribution in [0, 0.1) is 6.92 Å². The first-order valence-corrected chi connectivity index (χ1v) is 13.9. The molecule has 4 aromatic carbocycles. The summed E-state index contributed by atoms with van der Waals surface area (Å²) in [6.45, 7) is 2.80. The number of carboxylic acid groups (broad SMARTS) is 1. The zero-order valence-corrected chi connectivity index (χ0v) is 23.5. The van der Waals surface area contributed by atoms with E-state index in [0.29, 0.717) is 18.6 Å². The fraction of sp³-hybridized carbons (Fsp3) is 0.200. The molecule has 41 heavy (non-hydrogen) atoms. The number of nitrogens with zero attached hydrogens (tertiary/aromatic N) is 2. The molecular formula is C35H33N3O3. The predicted molar refractivity (Wildman–Crippen MR) is 163 cm³/mol. The number of hydrogen-bond donors (Lipinski definition) is 2. The van der Waals surface area contributed by atoms with Crippen LogP contribution >= 0.6 is 0 Å². The van der Waals surface area contributed by atoms with Crippen LogP contribution in [0.5, 0.6) is 0 Å². The second-order valence-corrected chi connectivity index (χ2v) is 11.1. The van der Waals surface area contributed by atoms with Gasteiger partial charge in [0.2, 0.25) is 0 Å². The van der Waals surface area contributed by atoms with Crippen molar-refractivity contribution in [1.82, 2.24) is 10.1 Å². The van der Waals surface area contributed by atoms with Gasteiger partial charge in [-0.3, -0.25) is 4.79 Å². The van der Waals surface area contributed by atoms with Crippen molar-refractivity contribution in [2.45, 2.75) is 31.7 Å². The maximum absolute atomic E-state index is 11.7.